The Kier molecular flexibility index (Phi) is 6.76. The molecule has 0 saturated carbocycles. The molecule has 2 unspecified atom stereocenters. The van der Waals surface area contributed by atoms with Crippen molar-refractivity contribution < 1.29 is 9.53 Å². The van der Waals surface area contributed by atoms with Gasteiger partial charge in [0.2, 0.25) is 5.91 Å². The molecule has 2 atom stereocenters. The molecular formula is C15H29N3O2. The minimum absolute atomic E-state index is 0.214. The molecule has 2 fully saturated rings. The van der Waals surface area contributed by atoms with Gasteiger partial charge in [0, 0.05) is 32.6 Å². The molecule has 0 aromatic rings. The molecule has 0 aromatic carbocycles. The van der Waals surface area contributed by atoms with Crippen LogP contribution in [0.25, 0.3) is 0 Å². The van der Waals surface area contributed by atoms with E-state index in [1.165, 1.54) is 6.42 Å². The molecule has 0 bridgehead atoms. The quantitative estimate of drug-likeness (QED) is 0.713. The van der Waals surface area contributed by atoms with Crippen LogP contribution in [0.3, 0.4) is 0 Å². The number of ether oxygens (including phenoxy) is 1. The SMILES string of the molecule is CC(CNC(=O)CCC1CCNC1)CN1CCOCC1. The third kappa shape index (κ3) is 5.77. The maximum atomic E-state index is 11.8. The Labute approximate surface area is 122 Å². The first kappa shape index (κ1) is 15.7. The molecule has 2 heterocycles. The Hall–Kier alpha value is -0.650. The topological polar surface area (TPSA) is 53.6 Å². The molecule has 0 spiro atoms. The van der Waals surface area contributed by atoms with Crippen molar-refractivity contribution in [3.05, 3.63) is 0 Å². The number of nitrogens with zero attached hydrogens (tertiary/aromatic N) is 1. The van der Waals surface area contributed by atoms with Gasteiger partial charge in [-0.05, 0) is 37.8 Å². The van der Waals surface area contributed by atoms with Gasteiger partial charge in [0.05, 0.1) is 13.2 Å². The highest BCUT2D eigenvalue weighted by molar-refractivity contribution is 5.75. The summed E-state index contributed by atoms with van der Waals surface area (Å²) in [5.74, 6) is 1.42. The highest BCUT2D eigenvalue weighted by Gasteiger charge is 2.17. The summed E-state index contributed by atoms with van der Waals surface area (Å²) in [6, 6.07) is 0. The molecule has 2 saturated heterocycles. The van der Waals surface area contributed by atoms with Gasteiger partial charge < -0.3 is 15.4 Å². The fourth-order valence-corrected chi connectivity index (χ4v) is 2.96. The largest absolute Gasteiger partial charge is 0.379 e. The van der Waals surface area contributed by atoms with Crippen molar-refractivity contribution in [1.82, 2.24) is 15.5 Å². The normalized spacial score (nSPS) is 25.6. The van der Waals surface area contributed by atoms with Crippen molar-refractivity contribution >= 4 is 5.91 Å². The van der Waals surface area contributed by atoms with Crippen LogP contribution in [0.2, 0.25) is 0 Å². The third-order valence-electron chi connectivity index (χ3n) is 4.26. The summed E-state index contributed by atoms with van der Waals surface area (Å²) in [6.07, 6.45) is 2.92. The molecule has 0 aliphatic carbocycles. The molecule has 5 heteroatoms. The van der Waals surface area contributed by atoms with E-state index in [9.17, 15) is 4.79 Å². The van der Waals surface area contributed by atoms with E-state index in [0.29, 0.717) is 18.3 Å². The van der Waals surface area contributed by atoms with Crippen molar-refractivity contribution in [3.63, 3.8) is 0 Å². The molecule has 1 amide bonds. The van der Waals surface area contributed by atoms with Gasteiger partial charge in [-0.15, -0.1) is 0 Å². The van der Waals surface area contributed by atoms with Crippen molar-refractivity contribution in [2.24, 2.45) is 11.8 Å². The first-order chi connectivity index (χ1) is 9.74. The van der Waals surface area contributed by atoms with Crippen LogP contribution in [-0.4, -0.2) is 63.3 Å². The number of morpholine rings is 1. The molecule has 0 aromatic heterocycles. The summed E-state index contributed by atoms with van der Waals surface area (Å²) >= 11 is 0. The van der Waals surface area contributed by atoms with E-state index in [1.807, 2.05) is 0 Å². The number of rotatable bonds is 7. The lowest BCUT2D eigenvalue weighted by molar-refractivity contribution is -0.121. The Balaban J connectivity index is 1.52. The van der Waals surface area contributed by atoms with Gasteiger partial charge in [0.25, 0.3) is 0 Å². The molecule has 2 rings (SSSR count). The average Bonchev–Trinajstić information content (AvgIpc) is 2.97. The fourth-order valence-electron chi connectivity index (χ4n) is 2.96. The Morgan fingerprint density at radius 2 is 2.25 bits per heavy atom. The average molecular weight is 283 g/mol. The zero-order chi connectivity index (χ0) is 14.2. The van der Waals surface area contributed by atoms with E-state index in [4.69, 9.17) is 4.74 Å². The summed E-state index contributed by atoms with van der Waals surface area (Å²) < 4.78 is 5.34. The van der Waals surface area contributed by atoms with Gasteiger partial charge in [-0.3, -0.25) is 9.69 Å². The van der Waals surface area contributed by atoms with Gasteiger partial charge in [0.15, 0.2) is 0 Å². The number of hydrogen-bond donors (Lipinski definition) is 2. The number of carbonyl (C=O) groups is 1. The van der Waals surface area contributed by atoms with Crippen LogP contribution in [0.15, 0.2) is 0 Å². The zero-order valence-electron chi connectivity index (χ0n) is 12.7. The first-order valence-electron chi connectivity index (χ1n) is 8.01. The molecular weight excluding hydrogens is 254 g/mol. The van der Waals surface area contributed by atoms with Gasteiger partial charge in [0.1, 0.15) is 0 Å². The maximum absolute atomic E-state index is 11.8. The van der Waals surface area contributed by atoms with E-state index >= 15 is 0 Å². The van der Waals surface area contributed by atoms with Crippen LogP contribution < -0.4 is 10.6 Å². The zero-order valence-corrected chi connectivity index (χ0v) is 12.7. The van der Waals surface area contributed by atoms with E-state index in [1.54, 1.807) is 0 Å². The second kappa shape index (κ2) is 8.60. The Morgan fingerprint density at radius 3 is 2.95 bits per heavy atom. The summed E-state index contributed by atoms with van der Waals surface area (Å²) in [4.78, 5) is 14.3. The van der Waals surface area contributed by atoms with E-state index in [-0.39, 0.29) is 5.91 Å². The monoisotopic (exact) mass is 283 g/mol. The molecule has 2 N–H and O–H groups in total. The van der Waals surface area contributed by atoms with E-state index in [2.05, 4.69) is 22.5 Å². The van der Waals surface area contributed by atoms with E-state index in [0.717, 1.165) is 58.9 Å². The molecule has 5 nitrogen and oxygen atoms in total. The van der Waals surface area contributed by atoms with Crippen LogP contribution in [0, 0.1) is 11.8 Å². The molecule has 2 aliphatic heterocycles. The Morgan fingerprint density at radius 1 is 1.45 bits per heavy atom. The third-order valence-corrected chi connectivity index (χ3v) is 4.26. The van der Waals surface area contributed by atoms with Gasteiger partial charge in [-0.25, -0.2) is 0 Å². The molecule has 0 radical (unpaired) electrons. The lowest BCUT2D eigenvalue weighted by atomic mass is 10.0. The fraction of sp³-hybridized carbons (Fsp3) is 0.933. The number of nitrogens with one attached hydrogen (secondary N) is 2. The lowest BCUT2D eigenvalue weighted by Crippen LogP contribution is -2.41. The predicted octanol–water partition coefficient (Wildman–Crippen LogP) is 0.461. The molecule has 20 heavy (non-hydrogen) atoms. The standard InChI is InChI=1S/C15H29N3O2/c1-13(12-18-6-8-20-9-7-18)10-17-15(19)3-2-14-4-5-16-11-14/h13-14,16H,2-12H2,1H3,(H,17,19). The van der Waals surface area contributed by atoms with Crippen LogP contribution in [-0.2, 0) is 9.53 Å². The van der Waals surface area contributed by atoms with Gasteiger partial charge in [-0.2, -0.15) is 0 Å². The predicted molar refractivity (Wildman–Crippen MR) is 79.6 cm³/mol. The van der Waals surface area contributed by atoms with Gasteiger partial charge >= 0.3 is 0 Å². The molecule has 116 valence electrons. The second-order valence-electron chi connectivity index (χ2n) is 6.22. The smallest absolute Gasteiger partial charge is 0.220 e. The maximum Gasteiger partial charge on any atom is 0.220 e. The number of hydrogen-bond acceptors (Lipinski definition) is 4. The molecule has 2 aliphatic rings. The summed E-state index contributed by atoms with van der Waals surface area (Å²) in [5.41, 5.74) is 0. The Bertz CT molecular complexity index is 287. The van der Waals surface area contributed by atoms with Gasteiger partial charge in [-0.1, -0.05) is 6.92 Å². The van der Waals surface area contributed by atoms with E-state index < -0.39 is 0 Å². The van der Waals surface area contributed by atoms with Crippen LogP contribution in [0.1, 0.15) is 26.2 Å². The summed E-state index contributed by atoms with van der Waals surface area (Å²) in [7, 11) is 0. The summed E-state index contributed by atoms with van der Waals surface area (Å²) in [6.45, 7) is 9.97. The first-order valence-corrected chi connectivity index (χ1v) is 8.01. The second-order valence-corrected chi connectivity index (χ2v) is 6.22. The van der Waals surface area contributed by atoms with Crippen molar-refractivity contribution in [1.29, 1.82) is 0 Å². The van der Waals surface area contributed by atoms with Crippen LogP contribution in [0.4, 0.5) is 0 Å². The number of carbonyl (C=O) groups excluding carboxylic acids is 1. The highest BCUT2D eigenvalue weighted by Crippen LogP contribution is 2.14. The lowest BCUT2D eigenvalue weighted by Gasteiger charge is -2.29. The van der Waals surface area contributed by atoms with Crippen molar-refractivity contribution in [2.45, 2.75) is 26.2 Å². The minimum Gasteiger partial charge on any atom is -0.379 e. The van der Waals surface area contributed by atoms with Crippen LogP contribution in [0.5, 0.6) is 0 Å². The summed E-state index contributed by atoms with van der Waals surface area (Å²) in [5, 5.41) is 6.42. The van der Waals surface area contributed by atoms with Crippen LogP contribution >= 0.6 is 0 Å². The minimum atomic E-state index is 0.214. The number of amides is 1. The highest BCUT2D eigenvalue weighted by atomic mass is 16.5. The van der Waals surface area contributed by atoms with Crippen molar-refractivity contribution in [3.8, 4) is 0 Å². The van der Waals surface area contributed by atoms with Crippen molar-refractivity contribution in [2.75, 3.05) is 52.5 Å².